The molecule has 0 bridgehead atoms. The molecule has 1 amide bonds. The lowest BCUT2D eigenvalue weighted by molar-refractivity contribution is -0.142. The number of sulfone groups is 1. The maximum Gasteiger partial charge on any atom is 0.330 e. The van der Waals surface area contributed by atoms with Crippen molar-refractivity contribution in [3.63, 3.8) is 0 Å². The maximum atomic E-state index is 11.9. The standard InChI is InChI=1S/C14H17NO5S/c16-12(8-10-6-7-21(19,20)9-10)15-13(14(17)18)11-4-2-1-3-5-11/h1-5,10,13H,6-9H2,(H,15,16)(H,17,18)/t10?,13-/m0/s1. The molecule has 1 heterocycles. The summed E-state index contributed by atoms with van der Waals surface area (Å²) in [5.74, 6) is -1.70. The third-order valence-corrected chi connectivity index (χ3v) is 5.32. The summed E-state index contributed by atoms with van der Waals surface area (Å²) < 4.78 is 22.7. The van der Waals surface area contributed by atoms with Gasteiger partial charge in [0.1, 0.15) is 0 Å². The van der Waals surface area contributed by atoms with Crippen LogP contribution in [-0.2, 0) is 19.4 Å². The minimum absolute atomic E-state index is 0.00347. The molecule has 7 heteroatoms. The minimum Gasteiger partial charge on any atom is -0.479 e. The van der Waals surface area contributed by atoms with Gasteiger partial charge in [0.25, 0.3) is 0 Å². The Kier molecular flexibility index (Phi) is 4.62. The van der Waals surface area contributed by atoms with Crippen molar-refractivity contribution in [2.24, 2.45) is 5.92 Å². The quantitative estimate of drug-likeness (QED) is 0.836. The largest absolute Gasteiger partial charge is 0.479 e. The van der Waals surface area contributed by atoms with Gasteiger partial charge >= 0.3 is 5.97 Å². The van der Waals surface area contributed by atoms with Crippen LogP contribution < -0.4 is 5.32 Å². The number of amides is 1. The summed E-state index contributed by atoms with van der Waals surface area (Å²) in [5, 5.41) is 11.7. The first-order valence-corrected chi connectivity index (χ1v) is 8.47. The Morgan fingerprint density at radius 3 is 2.48 bits per heavy atom. The van der Waals surface area contributed by atoms with E-state index in [1.165, 1.54) is 0 Å². The highest BCUT2D eigenvalue weighted by Crippen LogP contribution is 2.22. The zero-order valence-electron chi connectivity index (χ0n) is 11.4. The van der Waals surface area contributed by atoms with Gasteiger partial charge in [0.15, 0.2) is 15.9 Å². The van der Waals surface area contributed by atoms with Gasteiger partial charge < -0.3 is 10.4 Å². The molecule has 2 atom stereocenters. The lowest BCUT2D eigenvalue weighted by Gasteiger charge is -2.16. The van der Waals surface area contributed by atoms with Gasteiger partial charge in [-0.25, -0.2) is 13.2 Å². The molecular formula is C14H17NO5S. The molecule has 6 nitrogen and oxygen atoms in total. The Labute approximate surface area is 123 Å². The van der Waals surface area contributed by atoms with Crippen molar-refractivity contribution >= 4 is 21.7 Å². The fraction of sp³-hybridized carbons (Fsp3) is 0.429. The number of aliphatic carboxylic acids is 1. The number of carbonyl (C=O) groups excluding carboxylic acids is 1. The fourth-order valence-electron chi connectivity index (χ4n) is 2.45. The van der Waals surface area contributed by atoms with Crippen LogP contribution in [0.15, 0.2) is 30.3 Å². The highest BCUT2D eigenvalue weighted by Gasteiger charge is 2.30. The smallest absolute Gasteiger partial charge is 0.330 e. The summed E-state index contributed by atoms with van der Waals surface area (Å²) in [7, 11) is -3.03. The Bertz CT molecular complexity index is 626. The Morgan fingerprint density at radius 2 is 1.95 bits per heavy atom. The SMILES string of the molecule is O=C(CC1CCS(=O)(=O)C1)N[C@H](C(=O)O)c1ccccc1. The highest BCUT2D eigenvalue weighted by molar-refractivity contribution is 7.91. The topological polar surface area (TPSA) is 101 Å². The van der Waals surface area contributed by atoms with Gasteiger partial charge in [-0.05, 0) is 17.9 Å². The molecule has 0 aliphatic carbocycles. The monoisotopic (exact) mass is 311 g/mol. The number of carbonyl (C=O) groups is 2. The molecule has 2 N–H and O–H groups in total. The lowest BCUT2D eigenvalue weighted by atomic mass is 10.0. The third-order valence-electron chi connectivity index (χ3n) is 3.49. The summed E-state index contributed by atoms with van der Waals surface area (Å²) in [6, 6.07) is 7.28. The second-order valence-corrected chi connectivity index (χ2v) is 7.45. The van der Waals surface area contributed by atoms with Crippen molar-refractivity contribution in [1.29, 1.82) is 0 Å². The van der Waals surface area contributed by atoms with Crippen LogP contribution in [0, 0.1) is 5.92 Å². The number of hydrogen-bond acceptors (Lipinski definition) is 4. The van der Waals surface area contributed by atoms with E-state index in [1.54, 1.807) is 30.3 Å². The zero-order valence-corrected chi connectivity index (χ0v) is 12.2. The molecular weight excluding hydrogens is 294 g/mol. The molecule has 1 aliphatic rings. The molecule has 1 aromatic rings. The summed E-state index contributed by atoms with van der Waals surface area (Å²) in [4.78, 5) is 23.2. The Hall–Kier alpha value is -1.89. The molecule has 2 rings (SSSR count). The molecule has 21 heavy (non-hydrogen) atoms. The molecule has 1 unspecified atom stereocenters. The van der Waals surface area contributed by atoms with Crippen molar-refractivity contribution in [2.45, 2.75) is 18.9 Å². The van der Waals surface area contributed by atoms with Crippen molar-refractivity contribution in [3.8, 4) is 0 Å². The lowest BCUT2D eigenvalue weighted by Crippen LogP contribution is -2.34. The summed E-state index contributed by atoms with van der Waals surface area (Å²) >= 11 is 0. The van der Waals surface area contributed by atoms with Crippen molar-refractivity contribution in [2.75, 3.05) is 11.5 Å². The minimum atomic E-state index is -3.03. The number of nitrogens with one attached hydrogen (secondary N) is 1. The average Bonchev–Trinajstić information content (AvgIpc) is 2.76. The van der Waals surface area contributed by atoms with Crippen molar-refractivity contribution in [3.05, 3.63) is 35.9 Å². The second kappa shape index (κ2) is 6.26. The van der Waals surface area contributed by atoms with E-state index in [1.807, 2.05) is 0 Å². The normalized spacial score (nSPS) is 21.6. The first-order valence-electron chi connectivity index (χ1n) is 6.65. The second-order valence-electron chi connectivity index (χ2n) is 5.22. The van der Waals surface area contributed by atoms with Crippen LogP contribution in [0.5, 0.6) is 0 Å². The van der Waals surface area contributed by atoms with Gasteiger partial charge in [-0.3, -0.25) is 4.79 Å². The van der Waals surface area contributed by atoms with Gasteiger partial charge in [0, 0.05) is 6.42 Å². The number of carboxylic acids is 1. The van der Waals surface area contributed by atoms with E-state index in [2.05, 4.69) is 5.32 Å². The van der Waals surface area contributed by atoms with E-state index in [9.17, 15) is 23.1 Å². The van der Waals surface area contributed by atoms with Crippen LogP contribution in [0.1, 0.15) is 24.4 Å². The summed E-state index contributed by atoms with van der Waals surface area (Å²) in [5.41, 5.74) is 0.484. The molecule has 114 valence electrons. The van der Waals surface area contributed by atoms with Gasteiger partial charge in [-0.2, -0.15) is 0 Å². The summed E-state index contributed by atoms with van der Waals surface area (Å²) in [6.45, 7) is 0. The molecule has 0 radical (unpaired) electrons. The average molecular weight is 311 g/mol. The van der Waals surface area contributed by atoms with Crippen LogP contribution >= 0.6 is 0 Å². The van der Waals surface area contributed by atoms with E-state index in [0.29, 0.717) is 12.0 Å². The van der Waals surface area contributed by atoms with Gasteiger partial charge in [-0.1, -0.05) is 30.3 Å². The number of rotatable bonds is 5. The first kappa shape index (κ1) is 15.5. The number of benzene rings is 1. The molecule has 0 aromatic heterocycles. The summed E-state index contributed by atoms with van der Waals surface area (Å²) in [6.07, 6.45) is 0.495. The van der Waals surface area contributed by atoms with E-state index in [0.717, 1.165) is 0 Å². The highest BCUT2D eigenvalue weighted by atomic mass is 32.2. The van der Waals surface area contributed by atoms with Crippen LogP contribution in [0.4, 0.5) is 0 Å². The van der Waals surface area contributed by atoms with Crippen LogP contribution in [0.25, 0.3) is 0 Å². The molecule has 1 aromatic carbocycles. The number of carboxylic acid groups (broad SMARTS) is 1. The fourth-order valence-corrected chi connectivity index (χ4v) is 4.31. The number of hydrogen-bond donors (Lipinski definition) is 2. The van der Waals surface area contributed by atoms with E-state index < -0.39 is 27.8 Å². The molecule has 1 aliphatic heterocycles. The first-order chi connectivity index (χ1) is 9.87. The van der Waals surface area contributed by atoms with Crippen LogP contribution in [0.2, 0.25) is 0 Å². The zero-order chi connectivity index (χ0) is 15.5. The van der Waals surface area contributed by atoms with Gasteiger partial charge in [-0.15, -0.1) is 0 Å². The van der Waals surface area contributed by atoms with Gasteiger partial charge in [0.05, 0.1) is 11.5 Å². The maximum absolute atomic E-state index is 11.9. The Morgan fingerprint density at radius 1 is 1.29 bits per heavy atom. The molecule has 1 saturated heterocycles. The van der Waals surface area contributed by atoms with E-state index >= 15 is 0 Å². The Balaban J connectivity index is 1.98. The van der Waals surface area contributed by atoms with E-state index in [4.69, 9.17) is 0 Å². The van der Waals surface area contributed by atoms with Crippen molar-refractivity contribution in [1.82, 2.24) is 5.32 Å². The van der Waals surface area contributed by atoms with E-state index in [-0.39, 0.29) is 23.8 Å². The van der Waals surface area contributed by atoms with Gasteiger partial charge in [0.2, 0.25) is 5.91 Å². The predicted octanol–water partition coefficient (Wildman–Crippen LogP) is 0.753. The van der Waals surface area contributed by atoms with Crippen molar-refractivity contribution < 1.29 is 23.1 Å². The molecule has 0 spiro atoms. The molecule has 1 fully saturated rings. The predicted molar refractivity (Wildman–Crippen MR) is 76.3 cm³/mol. The molecule has 0 saturated carbocycles. The van der Waals surface area contributed by atoms with Crippen LogP contribution in [-0.4, -0.2) is 36.9 Å². The third kappa shape index (κ3) is 4.29. The van der Waals surface area contributed by atoms with Crippen LogP contribution in [0.3, 0.4) is 0 Å².